The molecule has 0 amide bonds. The second kappa shape index (κ2) is 5.01. The highest BCUT2D eigenvalue weighted by atomic mass is 16.9. The molecular weight excluding hydrogens is 188 g/mol. The summed E-state index contributed by atoms with van der Waals surface area (Å²) >= 11 is 0. The maximum atomic E-state index is 11.3. The van der Waals surface area contributed by atoms with Crippen molar-refractivity contribution in [2.75, 3.05) is 7.11 Å². The van der Waals surface area contributed by atoms with Crippen LogP contribution in [0.4, 0.5) is 0 Å². The number of hydrogen-bond acceptors (Lipinski definition) is 4. The van der Waals surface area contributed by atoms with Crippen LogP contribution < -0.4 is 10.5 Å². The molecule has 0 aromatic rings. The molecule has 84 valence electrons. The molecule has 6 nitrogen and oxygen atoms in total. The number of quaternary nitrogens is 2. The zero-order valence-corrected chi connectivity index (χ0v) is 8.53. The Morgan fingerprint density at radius 3 is 2.43 bits per heavy atom. The molecule has 14 heavy (non-hydrogen) atoms. The van der Waals surface area contributed by atoms with Crippen LogP contribution in [0.3, 0.4) is 0 Å². The molecule has 0 heterocycles. The zero-order chi connectivity index (χ0) is 10.7. The van der Waals surface area contributed by atoms with E-state index in [1.54, 1.807) is 0 Å². The predicted octanol–water partition coefficient (Wildman–Crippen LogP) is -1.74. The second-order valence-electron chi connectivity index (χ2n) is 3.99. The van der Waals surface area contributed by atoms with Gasteiger partial charge in [0, 0.05) is 12.8 Å². The Bertz CT molecular complexity index is 179. The first-order chi connectivity index (χ1) is 6.56. The van der Waals surface area contributed by atoms with E-state index in [0.29, 0.717) is 18.8 Å². The van der Waals surface area contributed by atoms with Crippen LogP contribution in [0.25, 0.3) is 0 Å². The first-order valence-corrected chi connectivity index (χ1v) is 4.87. The van der Waals surface area contributed by atoms with E-state index in [-0.39, 0.29) is 5.23 Å². The smallest absolute Gasteiger partial charge is 0.173 e. The molecule has 0 aromatic carbocycles. The van der Waals surface area contributed by atoms with Crippen molar-refractivity contribution in [3.63, 3.8) is 0 Å². The van der Waals surface area contributed by atoms with Gasteiger partial charge in [0.1, 0.15) is 0 Å². The Kier molecular flexibility index (Phi) is 4.24. The van der Waals surface area contributed by atoms with E-state index in [2.05, 4.69) is 4.84 Å². The highest BCUT2D eigenvalue weighted by Gasteiger charge is 2.38. The molecular formula is C8H18N2O4. The molecule has 6 heteroatoms. The molecule has 0 spiro atoms. The van der Waals surface area contributed by atoms with Gasteiger partial charge in [0.15, 0.2) is 12.1 Å². The highest BCUT2D eigenvalue weighted by Crippen LogP contribution is 2.21. The van der Waals surface area contributed by atoms with Crippen LogP contribution in [0.1, 0.15) is 26.2 Å². The van der Waals surface area contributed by atoms with E-state index in [9.17, 15) is 10.4 Å². The fourth-order valence-electron chi connectivity index (χ4n) is 2.09. The minimum Gasteiger partial charge on any atom is -0.600 e. The highest BCUT2D eigenvalue weighted by molar-refractivity contribution is 4.77. The van der Waals surface area contributed by atoms with Crippen LogP contribution >= 0.6 is 0 Å². The molecule has 1 rings (SSSR count). The summed E-state index contributed by atoms with van der Waals surface area (Å²) in [4.78, 5) is 4.62. The molecule has 1 aliphatic rings. The Balaban J connectivity index is 2.63. The van der Waals surface area contributed by atoms with E-state index >= 15 is 0 Å². The molecule has 1 saturated carbocycles. The Hall–Kier alpha value is -0.240. The molecule has 0 aliphatic heterocycles. The van der Waals surface area contributed by atoms with Crippen LogP contribution in [-0.2, 0) is 4.84 Å². The third-order valence-electron chi connectivity index (χ3n) is 2.93. The lowest BCUT2D eigenvalue weighted by Crippen LogP contribution is -3.21. The van der Waals surface area contributed by atoms with Gasteiger partial charge in [-0.3, -0.25) is 0 Å². The summed E-state index contributed by atoms with van der Waals surface area (Å²) in [5, 5.41) is 29.9. The SMILES string of the molecule is CO[NH+]([O-])C1CC(C)CCC1[NH+]([O-])O. The van der Waals surface area contributed by atoms with Crippen molar-refractivity contribution in [1.82, 2.24) is 0 Å². The minimum atomic E-state index is -0.882. The lowest BCUT2D eigenvalue weighted by atomic mass is 9.84. The number of rotatable bonds is 3. The fourth-order valence-corrected chi connectivity index (χ4v) is 2.09. The van der Waals surface area contributed by atoms with Gasteiger partial charge in [-0.1, -0.05) is 6.92 Å². The topological polar surface area (TPSA) is 84.5 Å². The average molecular weight is 206 g/mol. The Morgan fingerprint density at radius 2 is 1.93 bits per heavy atom. The van der Waals surface area contributed by atoms with Gasteiger partial charge < -0.3 is 10.4 Å². The van der Waals surface area contributed by atoms with Gasteiger partial charge >= 0.3 is 0 Å². The van der Waals surface area contributed by atoms with Crippen LogP contribution in [0, 0.1) is 16.3 Å². The molecule has 1 fully saturated rings. The van der Waals surface area contributed by atoms with Gasteiger partial charge in [-0.25, -0.2) is 20.5 Å². The second-order valence-corrected chi connectivity index (χ2v) is 3.99. The molecule has 3 N–H and O–H groups in total. The number of nitrogens with one attached hydrogen (secondary N) is 2. The molecule has 0 saturated heterocycles. The largest absolute Gasteiger partial charge is 0.600 e. The summed E-state index contributed by atoms with van der Waals surface area (Å²) in [5.74, 6) is 0.412. The van der Waals surface area contributed by atoms with Gasteiger partial charge in [0.25, 0.3) is 0 Å². The van der Waals surface area contributed by atoms with Gasteiger partial charge in [-0.15, -0.1) is 0 Å². The van der Waals surface area contributed by atoms with E-state index in [1.165, 1.54) is 7.11 Å². The monoisotopic (exact) mass is 206 g/mol. The summed E-state index contributed by atoms with van der Waals surface area (Å²) in [6.45, 7) is 2.04. The normalized spacial score (nSPS) is 37.9. The van der Waals surface area contributed by atoms with Crippen molar-refractivity contribution in [1.29, 1.82) is 0 Å². The van der Waals surface area contributed by atoms with E-state index in [4.69, 9.17) is 5.21 Å². The summed E-state index contributed by atoms with van der Waals surface area (Å²) in [7, 11) is 1.31. The number of hydroxylamine groups is 4. The van der Waals surface area contributed by atoms with Crippen molar-refractivity contribution in [3.05, 3.63) is 10.4 Å². The molecule has 0 radical (unpaired) electrons. The van der Waals surface area contributed by atoms with Gasteiger partial charge in [0.05, 0.1) is 7.11 Å². The van der Waals surface area contributed by atoms with Gasteiger partial charge in [0.2, 0.25) is 0 Å². The first kappa shape index (κ1) is 11.8. The summed E-state index contributed by atoms with van der Waals surface area (Å²) < 4.78 is 0. The van der Waals surface area contributed by atoms with Crippen LogP contribution in [0.5, 0.6) is 0 Å². The van der Waals surface area contributed by atoms with E-state index in [1.807, 2.05) is 6.92 Å². The third kappa shape index (κ3) is 2.63. The quantitative estimate of drug-likeness (QED) is 0.479. The summed E-state index contributed by atoms with van der Waals surface area (Å²) in [6.07, 6.45) is 2.09. The average Bonchev–Trinajstić information content (AvgIpc) is 2.16. The van der Waals surface area contributed by atoms with Crippen LogP contribution in [0.2, 0.25) is 0 Å². The Labute approximate surface area is 83.1 Å². The van der Waals surface area contributed by atoms with Crippen LogP contribution in [0.15, 0.2) is 0 Å². The maximum Gasteiger partial charge on any atom is 0.173 e. The van der Waals surface area contributed by atoms with E-state index < -0.39 is 17.3 Å². The summed E-state index contributed by atoms with van der Waals surface area (Å²) in [5.41, 5.74) is 0. The predicted molar refractivity (Wildman–Crippen MR) is 48.0 cm³/mol. The van der Waals surface area contributed by atoms with Crippen LogP contribution in [-0.4, -0.2) is 24.4 Å². The Morgan fingerprint density at radius 1 is 1.29 bits per heavy atom. The van der Waals surface area contributed by atoms with Crippen molar-refractivity contribution >= 4 is 0 Å². The summed E-state index contributed by atoms with van der Waals surface area (Å²) in [6, 6.07) is -1.01. The molecule has 0 aromatic heterocycles. The molecule has 5 atom stereocenters. The van der Waals surface area contributed by atoms with Crippen molar-refractivity contribution in [2.45, 2.75) is 38.3 Å². The molecule has 1 aliphatic carbocycles. The lowest BCUT2D eigenvalue weighted by molar-refractivity contribution is -1.13. The molecule has 0 bridgehead atoms. The number of hydrogen-bond donors (Lipinski definition) is 3. The standard InChI is InChI=1S/C8H18N2O4/c1-6-3-4-7(9(11)12)8(5-6)10(13)14-2/h6-11H,3-5H2,1-2H3. The molecule has 5 unspecified atom stereocenters. The van der Waals surface area contributed by atoms with Gasteiger partial charge in [-0.05, 0) is 12.3 Å². The van der Waals surface area contributed by atoms with E-state index in [0.717, 1.165) is 6.42 Å². The fraction of sp³-hybridized carbons (Fsp3) is 1.00. The zero-order valence-electron chi connectivity index (χ0n) is 8.53. The minimum absolute atomic E-state index is 0.385. The lowest BCUT2D eigenvalue weighted by Gasteiger charge is -2.39. The third-order valence-corrected chi connectivity index (χ3v) is 2.93. The van der Waals surface area contributed by atoms with Crippen molar-refractivity contribution in [3.8, 4) is 0 Å². The van der Waals surface area contributed by atoms with Gasteiger partial charge in [-0.2, -0.15) is 0 Å². The van der Waals surface area contributed by atoms with Crippen molar-refractivity contribution in [2.24, 2.45) is 5.92 Å². The van der Waals surface area contributed by atoms with Crippen molar-refractivity contribution < 1.29 is 20.5 Å². The maximum absolute atomic E-state index is 11.3. The first-order valence-electron chi connectivity index (χ1n) is 4.87.